The van der Waals surface area contributed by atoms with E-state index in [1.807, 2.05) is 30.3 Å². The number of hydrogen-bond donors (Lipinski definition) is 1. The van der Waals surface area contributed by atoms with Gasteiger partial charge in [-0.3, -0.25) is 19.8 Å². The lowest BCUT2D eigenvalue weighted by Gasteiger charge is -2.30. The lowest BCUT2D eigenvalue weighted by atomic mass is 10.0. The smallest absolute Gasteiger partial charge is 0.293 e. The van der Waals surface area contributed by atoms with Gasteiger partial charge in [0.2, 0.25) is 5.91 Å². The zero-order valence-electron chi connectivity index (χ0n) is 15.6. The summed E-state index contributed by atoms with van der Waals surface area (Å²) in [6.07, 6.45) is 4.45. The van der Waals surface area contributed by atoms with Crippen LogP contribution in [0.25, 0.3) is 0 Å². The van der Waals surface area contributed by atoms with Crippen molar-refractivity contribution < 1.29 is 9.72 Å². The topological polar surface area (TPSA) is 75.5 Å². The summed E-state index contributed by atoms with van der Waals surface area (Å²) in [5.41, 5.74) is 1.86. The number of rotatable bonds is 5. The lowest BCUT2D eigenvalue weighted by Crippen LogP contribution is -2.38. The fraction of sp³-hybridized carbons (Fsp3) is 0.381. The van der Waals surface area contributed by atoms with Crippen molar-refractivity contribution in [3.63, 3.8) is 0 Å². The number of nitro groups is 1. The van der Waals surface area contributed by atoms with Crippen molar-refractivity contribution in [1.29, 1.82) is 0 Å². The van der Waals surface area contributed by atoms with Crippen LogP contribution in [0.4, 0.5) is 11.4 Å². The highest BCUT2D eigenvalue weighted by Gasteiger charge is 2.29. The second-order valence-corrected chi connectivity index (χ2v) is 7.03. The van der Waals surface area contributed by atoms with E-state index < -0.39 is 11.0 Å². The normalized spacial score (nSPS) is 16.3. The van der Waals surface area contributed by atoms with E-state index in [2.05, 4.69) is 10.2 Å². The molecule has 6 heteroatoms. The Morgan fingerprint density at radius 2 is 1.74 bits per heavy atom. The Balaban J connectivity index is 1.91. The number of anilines is 1. The van der Waals surface area contributed by atoms with Gasteiger partial charge in [-0.25, -0.2) is 0 Å². The molecule has 1 unspecified atom stereocenters. The number of hydrogen-bond acceptors (Lipinski definition) is 4. The molecular formula is C21H25N3O3. The van der Waals surface area contributed by atoms with Gasteiger partial charge in [-0.1, -0.05) is 49.2 Å². The standard InChI is InChI=1S/C21H25N3O3/c1-16-11-12-18(19(15-16)24(26)27)22-21(25)20(17-9-5-4-6-10-17)23-13-7-2-3-8-14-23/h4-6,9-12,15,20H,2-3,7-8,13-14H2,1H3,(H,22,25). The van der Waals surface area contributed by atoms with Crippen LogP contribution in [0.1, 0.15) is 42.9 Å². The van der Waals surface area contributed by atoms with E-state index >= 15 is 0 Å². The Kier molecular flexibility index (Phi) is 6.19. The summed E-state index contributed by atoms with van der Waals surface area (Å²) in [5, 5.41) is 14.2. The van der Waals surface area contributed by atoms with Crippen molar-refractivity contribution in [3.05, 3.63) is 69.8 Å². The van der Waals surface area contributed by atoms with Crippen LogP contribution in [0, 0.1) is 17.0 Å². The van der Waals surface area contributed by atoms with Crippen LogP contribution < -0.4 is 5.32 Å². The van der Waals surface area contributed by atoms with Gasteiger partial charge in [-0.05, 0) is 50.0 Å². The molecule has 0 aromatic heterocycles. The Hall–Kier alpha value is -2.73. The summed E-state index contributed by atoms with van der Waals surface area (Å²) in [7, 11) is 0. The average Bonchev–Trinajstić information content (AvgIpc) is 2.93. The zero-order chi connectivity index (χ0) is 19.2. The molecule has 1 heterocycles. The maximum atomic E-state index is 13.2. The number of benzene rings is 2. The van der Waals surface area contributed by atoms with E-state index in [-0.39, 0.29) is 17.3 Å². The van der Waals surface area contributed by atoms with Crippen molar-refractivity contribution >= 4 is 17.3 Å². The van der Waals surface area contributed by atoms with Crippen LogP contribution in [0.15, 0.2) is 48.5 Å². The number of aryl methyl sites for hydroxylation is 1. The van der Waals surface area contributed by atoms with Gasteiger partial charge in [-0.15, -0.1) is 0 Å². The second-order valence-electron chi connectivity index (χ2n) is 7.03. The van der Waals surface area contributed by atoms with Gasteiger partial charge in [0.15, 0.2) is 0 Å². The van der Waals surface area contributed by atoms with Gasteiger partial charge in [0.25, 0.3) is 5.69 Å². The molecule has 0 radical (unpaired) electrons. The first-order valence-electron chi connectivity index (χ1n) is 9.41. The average molecular weight is 367 g/mol. The SMILES string of the molecule is Cc1ccc(NC(=O)C(c2ccccc2)N2CCCCCC2)c([N+](=O)[O-])c1. The van der Waals surface area contributed by atoms with E-state index in [1.54, 1.807) is 19.1 Å². The number of carbonyl (C=O) groups excluding carboxylic acids is 1. The summed E-state index contributed by atoms with van der Waals surface area (Å²) < 4.78 is 0. The minimum atomic E-state index is -0.454. The Bertz CT molecular complexity index is 800. The van der Waals surface area contributed by atoms with Crippen LogP contribution in [0.2, 0.25) is 0 Å². The molecule has 142 valence electrons. The lowest BCUT2D eigenvalue weighted by molar-refractivity contribution is -0.384. The Morgan fingerprint density at radius 3 is 2.37 bits per heavy atom. The van der Waals surface area contributed by atoms with Crippen LogP contribution in [0.5, 0.6) is 0 Å². The summed E-state index contributed by atoms with van der Waals surface area (Å²) in [6, 6.07) is 14.1. The van der Waals surface area contributed by atoms with Crippen molar-refractivity contribution in [2.45, 2.75) is 38.6 Å². The zero-order valence-corrected chi connectivity index (χ0v) is 15.6. The van der Waals surface area contributed by atoms with Crippen molar-refractivity contribution in [1.82, 2.24) is 4.90 Å². The van der Waals surface area contributed by atoms with E-state index in [1.165, 1.54) is 18.9 Å². The first-order valence-corrected chi connectivity index (χ1v) is 9.41. The largest absolute Gasteiger partial charge is 0.319 e. The molecule has 1 amide bonds. The maximum absolute atomic E-state index is 13.2. The maximum Gasteiger partial charge on any atom is 0.293 e. The third-order valence-electron chi connectivity index (χ3n) is 4.98. The number of nitro benzene ring substituents is 1. The molecule has 1 aliphatic heterocycles. The van der Waals surface area contributed by atoms with Gasteiger partial charge < -0.3 is 5.32 Å². The van der Waals surface area contributed by atoms with Crippen molar-refractivity contribution in [2.24, 2.45) is 0 Å². The van der Waals surface area contributed by atoms with Gasteiger partial charge in [0.05, 0.1) is 4.92 Å². The molecule has 2 aromatic rings. The van der Waals surface area contributed by atoms with E-state index in [9.17, 15) is 14.9 Å². The number of carbonyl (C=O) groups is 1. The third-order valence-corrected chi connectivity index (χ3v) is 4.98. The fourth-order valence-corrected chi connectivity index (χ4v) is 3.62. The van der Waals surface area contributed by atoms with Crippen LogP contribution >= 0.6 is 0 Å². The summed E-state index contributed by atoms with van der Waals surface area (Å²) in [5.74, 6) is -0.227. The second kappa shape index (κ2) is 8.77. The number of nitrogens with zero attached hydrogens (tertiary/aromatic N) is 2. The molecule has 1 fully saturated rings. The molecule has 0 saturated carbocycles. The van der Waals surface area contributed by atoms with Crippen molar-refractivity contribution in [3.8, 4) is 0 Å². The number of likely N-dealkylation sites (tertiary alicyclic amines) is 1. The first kappa shape index (κ1) is 19.0. The fourth-order valence-electron chi connectivity index (χ4n) is 3.62. The molecule has 1 aliphatic rings. The minimum Gasteiger partial charge on any atom is -0.319 e. The highest BCUT2D eigenvalue weighted by Crippen LogP contribution is 2.29. The molecule has 1 saturated heterocycles. The molecule has 1 N–H and O–H groups in total. The molecule has 0 spiro atoms. The van der Waals surface area contributed by atoms with E-state index in [0.29, 0.717) is 0 Å². The predicted octanol–water partition coefficient (Wildman–Crippen LogP) is 4.46. The highest BCUT2D eigenvalue weighted by atomic mass is 16.6. The van der Waals surface area contributed by atoms with E-state index in [4.69, 9.17) is 0 Å². The molecule has 1 atom stereocenters. The number of nitrogens with one attached hydrogen (secondary N) is 1. The molecule has 6 nitrogen and oxygen atoms in total. The van der Waals surface area contributed by atoms with Gasteiger partial charge >= 0.3 is 0 Å². The molecular weight excluding hydrogens is 342 g/mol. The first-order chi connectivity index (χ1) is 13.1. The van der Waals surface area contributed by atoms with Gasteiger partial charge in [-0.2, -0.15) is 0 Å². The third kappa shape index (κ3) is 4.71. The quantitative estimate of drug-likeness (QED) is 0.625. The monoisotopic (exact) mass is 367 g/mol. The van der Waals surface area contributed by atoms with Crippen LogP contribution in [0.3, 0.4) is 0 Å². The summed E-state index contributed by atoms with van der Waals surface area (Å²) in [6.45, 7) is 3.49. The van der Waals surface area contributed by atoms with Crippen molar-refractivity contribution in [2.75, 3.05) is 18.4 Å². The predicted molar refractivity (Wildman–Crippen MR) is 106 cm³/mol. The Morgan fingerprint density at radius 1 is 1.07 bits per heavy atom. The van der Waals surface area contributed by atoms with Gasteiger partial charge in [0, 0.05) is 6.07 Å². The summed E-state index contributed by atoms with van der Waals surface area (Å²) >= 11 is 0. The minimum absolute atomic E-state index is 0.0778. The van der Waals surface area contributed by atoms with Crippen LogP contribution in [-0.4, -0.2) is 28.8 Å². The summed E-state index contributed by atoms with van der Waals surface area (Å²) in [4.78, 5) is 26.3. The molecule has 0 aliphatic carbocycles. The molecule has 2 aromatic carbocycles. The number of amides is 1. The van der Waals surface area contributed by atoms with E-state index in [0.717, 1.165) is 37.1 Å². The highest BCUT2D eigenvalue weighted by molar-refractivity contribution is 5.97. The molecule has 0 bridgehead atoms. The Labute approximate surface area is 159 Å². The molecule has 3 rings (SSSR count). The van der Waals surface area contributed by atoms with Gasteiger partial charge in [0.1, 0.15) is 11.7 Å². The molecule has 27 heavy (non-hydrogen) atoms. The van der Waals surface area contributed by atoms with Crippen LogP contribution in [-0.2, 0) is 4.79 Å².